The molecule has 224 valence electrons. The predicted molar refractivity (Wildman–Crippen MR) is 204 cm³/mol. The molecule has 0 aliphatic heterocycles. The number of hydrogen-bond acceptors (Lipinski definition) is 1. The molecule has 2 heterocycles. The lowest BCUT2D eigenvalue weighted by Crippen LogP contribution is -2.09. The highest BCUT2D eigenvalue weighted by Crippen LogP contribution is 2.42. The summed E-state index contributed by atoms with van der Waals surface area (Å²) in [4.78, 5) is 2.34. The van der Waals surface area contributed by atoms with Crippen LogP contribution < -0.4 is 4.90 Å². The molecular formula is C46H30N2. The smallest absolute Gasteiger partial charge is 0.0620 e. The molecule has 2 nitrogen and oxygen atoms in total. The van der Waals surface area contributed by atoms with Crippen LogP contribution in [0.3, 0.4) is 0 Å². The quantitative estimate of drug-likeness (QED) is 0.188. The van der Waals surface area contributed by atoms with Crippen LogP contribution >= 0.6 is 0 Å². The third-order valence-corrected chi connectivity index (χ3v) is 9.90. The fourth-order valence-corrected chi connectivity index (χ4v) is 7.71. The number of hydrogen-bond donors (Lipinski definition) is 0. The van der Waals surface area contributed by atoms with Gasteiger partial charge in [0.05, 0.1) is 16.6 Å². The molecule has 48 heavy (non-hydrogen) atoms. The molecule has 0 saturated carbocycles. The van der Waals surface area contributed by atoms with Crippen LogP contribution in [0.4, 0.5) is 17.1 Å². The fraction of sp³-hybridized carbons (Fsp3) is 0. The van der Waals surface area contributed by atoms with Crippen LogP contribution in [0.15, 0.2) is 182 Å². The lowest BCUT2D eigenvalue weighted by molar-refractivity contribution is 1.29. The van der Waals surface area contributed by atoms with Crippen LogP contribution in [0.5, 0.6) is 0 Å². The molecule has 0 saturated heterocycles. The molecule has 0 unspecified atom stereocenters. The van der Waals surface area contributed by atoms with Crippen molar-refractivity contribution < 1.29 is 0 Å². The van der Waals surface area contributed by atoms with Gasteiger partial charge in [-0.1, -0.05) is 133 Å². The molecule has 10 rings (SSSR count). The van der Waals surface area contributed by atoms with E-state index in [1.807, 2.05) is 0 Å². The van der Waals surface area contributed by atoms with Crippen molar-refractivity contribution in [2.45, 2.75) is 0 Å². The largest absolute Gasteiger partial charge is 0.310 e. The summed E-state index contributed by atoms with van der Waals surface area (Å²) in [5, 5.41) is 7.69. The summed E-state index contributed by atoms with van der Waals surface area (Å²) in [5.41, 5.74) is 12.1. The third-order valence-electron chi connectivity index (χ3n) is 9.90. The van der Waals surface area contributed by atoms with Gasteiger partial charge < -0.3 is 9.30 Å². The first-order chi connectivity index (χ1) is 23.8. The molecule has 0 aliphatic rings. The molecule has 0 amide bonds. The third kappa shape index (κ3) is 4.06. The molecule has 0 atom stereocenters. The average Bonchev–Trinajstić information content (AvgIpc) is 3.68. The molecule has 0 spiro atoms. The first-order valence-corrected chi connectivity index (χ1v) is 16.5. The second kappa shape index (κ2) is 10.6. The van der Waals surface area contributed by atoms with E-state index >= 15 is 0 Å². The van der Waals surface area contributed by atoms with E-state index in [4.69, 9.17) is 0 Å². The summed E-state index contributed by atoms with van der Waals surface area (Å²) >= 11 is 0. The van der Waals surface area contributed by atoms with Crippen LogP contribution in [0.25, 0.3) is 71.1 Å². The van der Waals surface area contributed by atoms with Crippen LogP contribution in [0, 0.1) is 0 Å². The van der Waals surface area contributed by atoms with Gasteiger partial charge in [0.2, 0.25) is 0 Å². The Morgan fingerprint density at radius 1 is 0.333 bits per heavy atom. The average molecular weight is 611 g/mol. The highest BCUT2D eigenvalue weighted by atomic mass is 15.1. The normalized spacial score (nSPS) is 11.8. The van der Waals surface area contributed by atoms with Gasteiger partial charge in [-0.25, -0.2) is 0 Å². The molecule has 0 N–H and O–H groups in total. The maximum absolute atomic E-state index is 2.46. The van der Waals surface area contributed by atoms with E-state index in [9.17, 15) is 0 Å². The zero-order valence-corrected chi connectivity index (χ0v) is 26.2. The van der Waals surface area contributed by atoms with Crippen molar-refractivity contribution in [2.75, 3.05) is 4.90 Å². The topological polar surface area (TPSA) is 7.65 Å². The summed E-state index contributed by atoms with van der Waals surface area (Å²) in [7, 11) is 0. The van der Waals surface area contributed by atoms with Crippen molar-refractivity contribution in [1.29, 1.82) is 0 Å². The van der Waals surface area contributed by atoms with Crippen LogP contribution in [-0.2, 0) is 0 Å². The van der Waals surface area contributed by atoms with E-state index in [2.05, 4.69) is 191 Å². The van der Waals surface area contributed by atoms with Gasteiger partial charge >= 0.3 is 0 Å². The minimum Gasteiger partial charge on any atom is -0.310 e. The van der Waals surface area contributed by atoms with Gasteiger partial charge in [-0.15, -0.1) is 0 Å². The first-order valence-electron chi connectivity index (χ1n) is 16.5. The van der Waals surface area contributed by atoms with Gasteiger partial charge in [0.25, 0.3) is 0 Å². The molecule has 0 bridgehead atoms. The van der Waals surface area contributed by atoms with Gasteiger partial charge in [0, 0.05) is 38.6 Å². The Labute approximate surface area is 278 Å². The molecule has 10 aromatic rings. The Kier molecular flexibility index (Phi) is 5.91. The monoisotopic (exact) mass is 610 g/mol. The molecule has 0 aliphatic carbocycles. The van der Waals surface area contributed by atoms with Gasteiger partial charge in [-0.05, 0) is 81.6 Å². The summed E-state index contributed by atoms with van der Waals surface area (Å²) < 4.78 is 2.46. The zero-order valence-electron chi connectivity index (χ0n) is 26.2. The maximum Gasteiger partial charge on any atom is 0.0620 e. The van der Waals surface area contributed by atoms with Gasteiger partial charge in [-0.3, -0.25) is 0 Å². The number of rotatable bonds is 5. The van der Waals surface area contributed by atoms with Crippen LogP contribution in [-0.4, -0.2) is 4.40 Å². The van der Waals surface area contributed by atoms with E-state index in [1.54, 1.807) is 0 Å². The number of anilines is 3. The number of nitrogens with zero attached hydrogens (tertiary/aromatic N) is 2. The van der Waals surface area contributed by atoms with Crippen molar-refractivity contribution in [3.8, 4) is 22.3 Å². The number of benzene rings is 8. The minimum atomic E-state index is 1.12. The van der Waals surface area contributed by atoms with Gasteiger partial charge in [-0.2, -0.15) is 0 Å². The predicted octanol–water partition coefficient (Wildman–Crippen LogP) is 12.8. The lowest BCUT2D eigenvalue weighted by Gasteiger charge is -2.26. The molecule has 2 heteroatoms. The van der Waals surface area contributed by atoms with E-state index in [0.717, 1.165) is 17.1 Å². The summed E-state index contributed by atoms with van der Waals surface area (Å²) in [6, 6.07) is 66.1. The summed E-state index contributed by atoms with van der Waals surface area (Å²) in [5.74, 6) is 0. The van der Waals surface area contributed by atoms with Gasteiger partial charge in [0.1, 0.15) is 0 Å². The van der Waals surface area contributed by atoms with Crippen molar-refractivity contribution >= 4 is 65.9 Å². The van der Waals surface area contributed by atoms with E-state index in [0.29, 0.717) is 0 Å². The second-order valence-corrected chi connectivity index (χ2v) is 12.6. The Morgan fingerprint density at radius 3 is 1.73 bits per heavy atom. The van der Waals surface area contributed by atoms with Crippen molar-refractivity contribution in [3.63, 3.8) is 0 Å². The number of fused-ring (bicyclic) bond motifs is 7. The molecule has 2 aromatic heterocycles. The Bertz CT molecular complexity index is 2770. The first kappa shape index (κ1) is 26.8. The fourth-order valence-electron chi connectivity index (χ4n) is 7.71. The van der Waals surface area contributed by atoms with Gasteiger partial charge in [0.15, 0.2) is 0 Å². The maximum atomic E-state index is 2.46. The van der Waals surface area contributed by atoms with E-state index < -0.39 is 0 Å². The highest BCUT2D eigenvalue weighted by Gasteiger charge is 2.18. The second-order valence-electron chi connectivity index (χ2n) is 12.6. The van der Waals surface area contributed by atoms with Crippen LogP contribution in [0.2, 0.25) is 0 Å². The molecule has 8 aromatic carbocycles. The van der Waals surface area contributed by atoms with Crippen molar-refractivity contribution in [3.05, 3.63) is 182 Å². The van der Waals surface area contributed by atoms with E-state index in [-0.39, 0.29) is 0 Å². The summed E-state index contributed by atoms with van der Waals surface area (Å²) in [6.45, 7) is 0. The Morgan fingerprint density at radius 2 is 0.917 bits per heavy atom. The Balaban J connectivity index is 1.09. The highest BCUT2D eigenvalue weighted by molar-refractivity contribution is 6.23. The number of para-hydroxylation sites is 3. The summed E-state index contributed by atoms with van der Waals surface area (Å²) in [6.07, 6.45) is 0. The number of aromatic nitrogens is 1. The molecular weight excluding hydrogens is 581 g/mol. The SMILES string of the molecule is c1ccc(N(c2ccc(-c3ccccc3-c3ccc4c5cccc6c7ccccc7n(c4c3)c65)cc2)c2ccc3ccccc3c2)cc1. The van der Waals surface area contributed by atoms with Crippen molar-refractivity contribution in [1.82, 2.24) is 4.40 Å². The van der Waals surface area contributed by atoms with Crippen LogP contribution in [0.1, 0.15) is 0 Å². The minimum absolute atomic E-state index is 1.12. The molecule has 0 fully saturated rings. The molecule has 0 radical (unpaired) electrons. The van der Waals surface area contributed by atoms with E-state index in [1.165, 1.54) is 71.1 Å². The van der Waals surface area contributed by atoms with Crippen molar-refractivity contribution in [2.24, 2.45) is 0 Å². The Hall–Kier alpha value is -6.38. The lowest BCUT2D eigenvalue weighted by atomic mass is 9.93. The standard InChI is InChI=1S/C46H30N2/c1-2-13-35(14-3-1)47(37-27-21-31-11-4-5-12-33(31)29-37)36-25-22-32(23-26-36)38-15-6-7-16-39(38)34-24-28-41-43-19-10-18-42-40-17-8-9-20-44(40)48(46(42)43)45(41)30-34/h1-30H. The zero-order chi connectivity index (χ0) is 31.6.